The number of benzene rings is 1. The lowest BCUT2D eigenvalue weighted by Gasteiger charge is -2.12. The molecule has 0 aliphatic rings. The Morgan fingerprint density at radius 2 is 1.74 bits per heavy atom. The summed E-state index contributed by atoms with van der Waals surface area (Å²) >= 11 is 5.16. The fourth-order valence-corrected chi connectivity index (χ4v) is 2.09. The molecule has 23 heavy (non-hydrogen) atoms. The molecule has 0 unspecified atom stereocenters. The Morgan fingerprint density at radius 1 is 1.09 bits per heavy atom. The number of methoxy groups -OCH3 is 3. The minimum atomic E-state index is 0.497. The first-order valence-electron chi connectivity index (χ1n) is 7.53. The molecule has 2 N–H and O–H groups in total. The molecular formula is C16H25N3O3S. The first kappa shape index (κ1) is 19.0. The highest BCUT2D eigenvalue weighted by molar-refractivity contribution is 7.80. The van der Waals surface area contributed by atoms with E-state index in [9.17, 15) is 0 Å². The summed E-state index contributed by atoms with van der Waals surface area (Å²) in [6, 6.07) is 3.54. The molecule has 1 rings (SSSR count). The van der Waals surface area contributed by atoms with Gasteiger partial charge in [-0.3, -0.25) is 5.43 Å². The van der Waals surface area contributed by atoms with E-state index in [1.165, 1.54) is 12.8 Å². The molecule has 0 aliphatic heterocycles. The van der Waals surface area contributed by atoms with E-state index >= 15 is 0 Å². The van der Waals surface area contributed by atoms with Crippen LogP contribution in [0.3, 0.4) is 0 Å². The lowest BCUT2D eigenvalue weighted by Crippen LogP contribution is -2.32. The second kappa shape index (κ2) is 10.7. The van der Waals surface area contributed by atoms with Crippen LogP contribution in [0.15, 0.2) is 17.2 Å². The third-order valence-electron chi connectivity index (χ3n) is 3.17. The number of nitrogens with zero attached hydrogens (tertiary/aromatic N) is 1. The summed E-state index contributed by atoms with van der Waals surface area (Å²) in [7, 11) is 4.75. The predicted octanol–water partition coefficient (Wildman–Crippen LogP) is 2.70. The predicted molar refractivity (Wildman–Crippen MR) is 97.0 cm³/mol. The van der Waals surface area contributed by atoms with Crippen LogP contribution in [0.2, 0.25) is 0 Å². The van der Waals surface area contributed by atoms with Crippen LogP contribution in [0, 0.1) is 0 Å². The standard InChI is InChI=1S/C16H25N3O3S/c1-5-6-7-8-17-16(23)19-18-11-12-9-14(21-3)15(22-4)10-13(12)20-2/h9-11H,5-8H2,1-4H3,(H2,17,19,23)/b18-11-. The fraction of sp³-hybridized carbons (Fsp3) is 0.500. The van der Waals surface area contributed by atoms with Crippen LogP contribution in [-0.4, -0.2) is 39.2 Å². The zero-order valence-electron chi connectivity index (χ0n) is 14.1. The Kier molecular flexibility index (Phi) is 8.82. The number of thiocarbonyl (C=S) groups is 1. The topological polar surface area (TPSA) is 64.1 Å². The number of hydrazone groups is 1. The number of hydrogen-bond donors (Lipinski definition) is 2. The Morgan fingerprint density at radius 3 is 2.35 bits per heavy atom. The third kappa shape index (κ3) is 6.32. The Hall–Kier alpha value is -2.02. The highest BCUT2D eigenvalue weighted by atomic mass is 32.1. The van der Waals surface area contributed by atoms with Gasteiger partial charge < -0.3 is 19.5 Å². The number of unbranched alkanes of at least 4 members (excludes halogenated alkanes) is 2. The van der Waals surface area contributed by atoms with Crippen molar-refractivity contribution in [2.45, 2.75) is 26.2 Å². The first-order chi connectivity index (χ1) is 11.2. The van der Waals surface area contributed by atoms with Crippen molar-refractivity contribution in [1.29, 1.82) is 0 Å². The van der Waals surface area contributed by atoms with Crippen molar-refractivity contribution in [3.05, 3.63) is 17.7 Å². The van der Waals surface area contributed by atoms with Crippen molar-refractivity contribution >= 4 is 23.5 Å². The van der Waals surface area contributed by atoms with Crippen molar-refractivity contribution in [2.24, 2.45) is 5.10 Å². The molecule has 0 saturated carbocycles. The average Bonchev–Trinajstić information content (AvgIpc) is 2.58. The molecule has 1 aromatic carbocycles. The van der Waals surface area contributed by atoms with Crippen LogP contribution in [0.4, 0.5) is 0 Å². The van der Waals surface area contributed by atoms with E-state index in [-0.39, 0.29) is 0 Å². The van der Waals surface area contributed by atoms with Gasteiger partial charge in [-0.05, 0) is 24.7 Å². The van der Waals surface area contributed by atoms with Gasteiger partial charge in [0.15, 0.2) is 16.6 Å². The molecule has 128 valence electrons. The molecule has 0 bridgehead atoms. The molecule has 0 fully saturated rings. The summed E-state index contributed by atoms with van der Waals surface area (Å²) in [6.45, 7) is 3.01. The first-order valence-corrected chi connectivity index (χ1v) is 7.94. The fourth-order valence-electron chi connectivity index (χ4n) is 1.93. The lowest BCUT2D eigenvalue weighted by molar-refractivity contribution is 0.349. The summed E-state index contributed by atoms with van der Waals surface area (Å²) in [4.78, 5) is 0. The molecule has 0 atom stereocenters. The SMILES string of the molecule is CCCCCNC(=S)N/N=C\c1cc(OC)c(OC)cc1OC. The molecule has 0 saturated heterocycles. The highest BCUT2D eigenvalue weighted by Gasteiger charge is 2.10. The molecule has 0 aliphatic carbocycles. The lowest BCUT2D eigenvalue weighted by atomic mass is 10.2. The molecule has 0 radical (unpaired) electrons. The third-order valence-corrected chi connectivity index (χ3v) is 3.41. The monoisotopic (exact) mass is 339 g/mol. The Balaban J connectivity index is 2.66. The summed E-state index contributed by atoms with van der Waals surface area (Å²) in [5.74, 6) is 1.84. The quantitative estimate of drug-likeness (QED) is 0.312. The van der Waals surface area contributed by atoms with Crippen molar-refractivity contribution in [1.82, 2.24) is 10.7 Å². The van der Waals surface area contributed by atoms with E-state index in [1.54, 1.807) is 39.7 Å². The largest absolute Gasteiger partial charge is 0.496 e. The van der Waals surface area contributed by atoms with Crippen molar-refractivity contribution < 1.29 is 14.2 Å². The van der Waals surface area contributed by atoms with Gasteiger partial charge in [-0.25, -0.2) is 0 Å². The van der Waals surface area contributed by atoms with Gasteiger partial charge >= 0.3 is 0 Å². The van der Waals surface area contributed by atoms with Gasteiger partial charge in [-0.2, -0.15) is 5.10 Å². The van der Waals surface area contributed by atoms with Gasteiger partial charge in [0.1, 0.15) is 5.75 Å². The molecule has 0 amide bonds. The van der Waals surface area contributed by atoms with E-state index in [1.807, 2.05) is 0 Å². The van der Waals surface area contributed by atoms with Crippen molar-refractivity contribution in [2.75, 3.05) is 27.9 Å². The molecular weight excluding hydrogens is 314 g/mol. The number of nitrogens with one attached hydrogen (secondary N) is 2. The second-order valence-electron chi connectivity index (χ2n) is 4.78. The van der Waals surface area contributed by atoms with E-state index < -0.39 is 0 Å². The van der Waals surface area contributed by atoms with Gasteiger partial charge in [0.05, 0.1) is 27.5 Å². The van der Waals surface area contributed by atoms with Crippen LogP contribution < -0.4 is 25.0 Å². The van der Waals surface area contributed by atoms with E-state index in [0.29, 0.717) is 22.4 Å². The minimum Gasteiger partial charge on any atom is -0.496 e. The highest BCUT2D eigenvalue weighted by Crippen LogP contribution is 2.33. The zero-order chi connectivity index (χ0) is 17.1. The molecule has 0 heterocycles. The second-order valence-corrected chi connectivity index (χ2v) is 5.19. The van der Waals surface area contributed by atoms with Crippen LogP contribution in [0.1, 0.15) is 31.7 Å². The summed E-state index contributed by atoms with van der Waals surface area (Å²) in [5.41, 5.74) is 3.54. The van der Waals surface area contributed by atoms with Crippen molar-refractivity contribution in [3.63, 3.8) is 0 Å². The van der Waals surface area contributed by atoms with E-state index in [2.05, 4.69) is 22.8 Å². The van der Waals surface area contributed by atoms with E-state index in [0.717, 1.165) is 18.5 Å². The summed E-state index contributed by atoms with van der Waals surface area (Å²) < 4.78 is 15.9. The molecule has 0 spiro atoms. The van der Waals surface area contributed by atoms with Gasteiger partial charge in [-0.15, -0.1) is 0 Å². The van der Waals surface area contributed by atoms with Crippen LogP contribution in [0.5, 0.6) is 17.2 Å². The number of rotatable bonds is 9. The van der Waals surface area contributed by atoms with Crippen LogP contribution >= 0.6 is 12.2 Å². The van der Waals surface area contributed by atoms with Gasteiger partial charge in [0.2, 0.25) is 0 Å². The van der Waals surface area contributed by atoms with Gasteiger partial charge in [-0.1, -0.05) is 19.8 Å². The Bertz CT molecular complexity index is 536. The molecule has 1 aromatic rings. The summed E-state index contributed by atoms with van der Waals surface area (Å²) in [6.07, 6.45) is 5.08. The minimum absolute atomic E-state index is 0.497. The maximum Gasteiger partial charge on any atom is 0.186 e. The summed E-state index contributed by atoms with van der Waals surface area (Å²) in [5, 5.41) is 7.73. The smallest absolute Gasteiger partial charge is 0.186 e. The van der Waals surface area contributed by atoms with Crippen LogP contribution in [-0.2, 0) is 0 Å². The maximum absolute atomic E-state index is 5.33. The normalized spacial score (nSPS) is 10.4. The zero-order valence-corrected chi connectivity index (χ0v) is 15.0. The molecule has 6 nitrogen and oxygen atoms in total. The average molecular weight is 339 g/mol. The van der Waals surface area contributed by atoms with Crippen LogP contribution in [0.25, 0.3) is 0 Å². The molecule has 0 aromatic heterocycles. The maximum atomic E-state index is 5.33. The molecule has 7 heteroatoms. The van der Waals surface area contributed by atoms with Gasteiger partial charge in [0, 0.05) is 18.2 Å². The van der Waals surface area contributed by atoms with Gasteiger partial charge in [0.25, 0.3) is 0 Å². The Labute approximate surface area is 143 Å². The number of hydrogen-bond acceptors (Lipinski definition) is 5. The van der Waals surface area contributed by atoms with E-state index in [4.69, 9.17) is 26.4 Å². The van der Waals surface area contributed by atoms with Crippen molar-refractivity contribution in [3.8, 4) is 17.2 Å². The number of ether oxygens (including phenoxy) is 3.